The number of ether oxygens (including phenoxy) is 1. The van der Waals surface area contributed by atoms with Crippen LogP contribution >= 0.6 is 11.6 Å². The summed E-state index contributed by atoms with van der Waals surface area (Å²) in [6, 6.07) is 6.16. The van der Waals surface area contributed by atoms with Crippen LogP contribution in [0, 0.1) is 0 Å². The van der Waals surface area contributed by atoms with Crippen molar-refractivity contribution in [2.24, 2.45) is 0 Å². The van der Waals surface area contributed by atoms with Crippen LogP contribution in [0.2, 0.25) is 5.02 Å². The molecule has 0 amide bonds. The first-order chi connectivity index (χ1) is 10.0. The fraction of sp³-hybridized carbons (Fsp3) is 0.133. The van der Waals surface area contributed by atoms with Gasteiger partial charge in [-0.15, -0.1) is 5.10 Å². The number of benzene rings is 1. The second-order valence-electron chi connectivity index (χ2n) is 4.30. The average Bonchev–Trinajstić information content (AvgIpc) is 2.45. The van der Waals surface area contributed by atoms with Crippen molar-refractivity contribution >= 4 is 17.4 Å². The summed E-state index contributed by atoms with van der Waals surface area (Å²) in [5.41, 5.74) is 0.960. The molecule has 5 nitrogen and oxygen atoms in total. The molecule has 1 N–H and O–H groups in total. The second-order valence-corrected chi connectivity index (χ2v) is 4.73. The Hall–Kier alpha value is -2.40. The Morgan fingerprint density at radius 1 is 1.43 bits per heavy atom. The number of aromatic nitrogens is 2. The number of rotatable bonds is 5. The lowest BCUT2D eigenvalue weighted by Crippen LogP contribution is -2.11. The molecule has 2 aromatic rings. The van der Waals surface area contributed by atoms with E-state index in [0.29, 0.717) is 21.7 Å². The molecule has 0 radical (unpaired) electrons. The number of ketones is 1. The molecule has 6 heteroatoms. The van der Waals surface area contributed by atoms with Crippen molar-refractivity contribution in [2.75, 3.05) is 6.61 Å². The number of carbonyl (C=O) groups excluding carboxylic acids is 1. The number of aromatic amines is 1. The third kappa shape index (κ3) is 3.38. The molecular weight excluding hydrogens is 292 g/mol. The average molecular weight is 305 g/mol. The van der Waals surface area contributed by atoms with Gasteiger partial charge in [-0.3, -0.25) is 9.59 Å². The summed E-state index contributed by atoms with van der Waals surface area (Å²) in [6.45, 7) is 5.22. The summed E-state index contributed by atoms with van der Waals surface area (Å²) in [5.74, 6) is 0.0656. The molecular formula is C15H13ClN2O3. The SMILES string of the molecule is C=CCOc1n[nH]c(=O)cc1-c1cc(Cl)ccc1C(C)=O. The molecule has 1 aromatic heterocycles. The number of nitrogens with zero attached hydrogens (tertiary/aromatic N) is 1. The molecule has 1 heterocycles. The lowest BCUT2D eigenvalue weighted by molar-refractivity contribution is 0.101. The molecule has 0 atom stereocenters. The minimum atomic E-state index is -0.398. The van der Waals surface area contributed by atoms with E-state index in [1.807, 2.05) is 0 Å². The monoisotopic (exact) mass is 304 g/mol. The van der Waals surface area contributed by atoms with Crippen LogP contribution in [0.1, 0.15) is 17.3 Å². The highest BCUT2D eigenvalue weighted by atomic mass is 35.5. The van der Waals surface area contributed by atoms with Crippen LogP contribution in [-0.2, 0) is 0 Å². The maximum atomic E-state index is 11.8. The molecule has 1 aromatic carbocycles. The lowest BCUT2D eigenvalue weighted by atomic mass is 9.98. The molecule has 108 valence electrons. The van der Waals surface area contributed by atoms with Crippen LogP contribution in [0.5, 0.6) is 5.88 Å². The number of halogens is 1. The van der Waals surface area contributed by atoms with Gasteiger partial charge in [-0.05, 0) is 30.7 Å². The fourth-order valence-electron chi connectivity index (χ4n) is 1.88. The zero-order chi connectivity index (χ0) is 15.4. The van der Waals surface area contributed by atoms with Crippen LogP contribution in [0.3, 0.4) is 0 Å². The zero-order valence-electron chi connectivity index (χ0n) is 11.4. The predicted octanol–water partition coefficient (Wildman–Crippen LogP) is 2.86. The third-order valence-electron chi connectivity index (χ3n) is 2.76. The first-order valence-corrected chi connectivity index (χ1v) is 6.55. The van der Waals surface area contributed by atoms with Crippen LogP contribution < -0.4 is 10.3 Å². The van der Waals surface area contributed by atoms with E-state index >= 15 is 0 Å². The molecule has 0 unspecified atom stereocenters. The minimum absolute atomic E-state index is 0.142. The first-order valence-electron chi connectivity index (χ1n) is 6.17. The Balaban J connectivity index is 2.67. The molecule has 0 saturated carbocycles. The summed E-state index contributed by atoms with van der Waals surface area (Å²) >= 11 is 5.99. The highest BCUT2D eigenvalue weighted by Gasteiger charge is 2.16. The van der Waals surface area contributed by atoms with Crippen molar-refractivity contribution in [2.45, 2.75) is 6.92 Å². The van der Waals surface area contributed by atoms with E-state index in [0.717, 1.165) is 0 Å². The fourth-order valence-corrected chi connectivity index (χ4v) is 2.05. The summed E-state index contributed by atoms with van der Waals surface area (Å²) in [4.78, 5) is 23.3. The summed E-state index contributed by atoms with van der Waals surface area (Å²) in [6.07, 6.45) is 1.56. The van der Waals surface area contributed by atoms with E-state index in [1.165, 1.54) is 13.0 Å². The van der Waals surface area contributed by atoms with Gasteiger partial charge in [-0.25, -0.2) is 5.10 Å². The maximum absolute atomic E-state index is 11.8. The third-order valence-corrected chi connectivity index (χ3v) is 3.00. The van der Waals surface area contributed by atoms with Gasteiger partial charge in [0.2, 0.25) is 5.88 Å². The topological polar surface area (TPSA) is 72.0 Å². The smallest absolute Gasteiger partial charge is 0.265 e. The predicted molar refractivity (Wildman–Crippen MR) is 81.0 cm³/mol. The quantitative estimate of drug-likeness (QED) is 0.681. The van der Waals surface area contributed by atoms with Crippen molar-refractivity contribution in [1.29, 1.82) is 0 Å². The number of hydrogen-bond acceptors (Lipinski definition) is 4. The number of hydrogen-bond donors (Lipinski definition) is 1. The van der Waals surface area contributed by atoms with E-state index in [2.05, 4.69) is 16.8 Å². The largest absolute Gasteiger partial charge is 0.472 e. The van der Waals surface area contributed by atoms with E-state index < -0.39 is 5.56 Å². The van der Waals surface area contributed by atoms with Gasteiger partial charge in [0.15, 0.2) is 5.78 Å². The highest BCUT2D eigenvalue weighted by Crippen LogP contribution is 2.31. The van der Waals surface area contributed by atoms with E-state index in [1.54, 1.807) is 24.3 Å². The van der Waals surface area contributed by atoms with E-state index in [9.17, 15) is 9.59 Å². The molecule has 0 saturated heterocycles. The minimum Gasteiger partial charge on any atom is -0.472 e. The van der Waals surface area contributed by atoms with Gasteiger partial charge in [-0.1, -0.05) is 24.3 Å². The van der Waals surface area contributed by atoms with Gasteiger partial charge in [0, 0.05) is 16.7 Å². The number of nitrogens with one attached hydrogen (secondary N) is 1. The molecule has 0 aliphatic carbocycles. The van der Waals surface area contributed by atoms with Gasteiger partial charge < -0.3 is 4.74 Å². The standard InChI is InChI=1S/C15H13ClN2O3/c1-3-6-21-15-13(8-14(20)17-18-15)12-7-10(16)4-5-11(12)9(2)19/h3-5,7-8H,1,6H2,2H3,(H,17,20). The van der Waals surface area contributed by atoms with Gasteiger partial charge in [0.05, 0.1) is 5.56 Å². The van der Waals surface area contributed by atoms with Crippen molar-refractivity contribution < 1.29 is 9.53 Å². The summed E-state index contributed by atoms with van der Waals surface area (Å²) < 4.78 is 5.42. The number of Topliss-reactive ketones (excluding diaryl/α,β-unsaturated/α-hetero) is 1. The molecule has 0 aliphatic heterocycles. The van der Waals surface area contributed by atoms with Crippen LogP contribution in [0.25, 0.3) is 11.1 Å². The van der Waals surface area contributed by atoms with Crippen molar-refractivity contribution in [1.82, 2.24) is 10.2 Å². The Labute approximate surface area is 126 Å². The Kier molecular flexibility index (Phi) is 4.55. The van der Waals surface area contributed by atoms with Gasteiger partial charge in [-0.2, -0.15) is 0 Å². The zero-order valence-corrected chi connectivity index (χ0v) is 12.1. The van der Waals surface area contributed by atoms with Crippen molar-refractivity contribution in [3.05, 3.63) is 57.9 Å². The Bertz CT molecular complexity index is 753. The molecule has 0 aliphatic rings. The molecule has 21 heavy (non-hydrogen) atoms. The molecule has 0 fully saturated rings. The van der Waals surface area contributed by atoms with E-state index in [-0.39, 0.29) is 18.3 Å². The van der Waals surface area contributed by atoms with Gasteiger partial charge >= 0.3 is 0 Å². The van der Waals surface area contributed by atoms with Crippen molar-refractivity contribution in [3.63, 3.8) is 0 Å². The van der Waals surface area contributed by atoms with Gasteiger partial charge in [0.1, 0.15) is 6.61 Å². The lowest BCUT2D eigenvalue weighted by Gasteiger charge is -2.11. The van der Waals surface area contributed by atoms with Crippen LogP contribution in [-0.4, -0.2) is 22.6 Å². The first kappa shape index (κ1) is 15.0. The highest BCUT2D eigenvalue weighted by molar-refractivity contribution is 6.31. The molecule has 0 bridgehead atoms. The summed E-state index contributed by atoms with van der Waals surface area (Å²) in [7, 11) is 0. The second kappa shape index (κ2) is 6.37. The Morgan fingerprint density at radius 2 is 2.19 bits per heavy atom. The number of H-pyrrole nitrogens is 1. The van der Waals surface area contributed by atoms with Crippen LogP contribution in [0.15, 0.2) is 41.7 Å². The van der Waals surface area contributed by atoms with Crippen LogP contribution in [0.4, 0.5) is 0 Å². The summed E-state index contributed by atoms with van der Waals surface area (Å²) in [5, 5.41) is 6.61. The number of carbonyl (C=O) groups is 1. The normalized spacial score (nSPS) is 10.2. The van der Waals surface area contributed by atoms with Gasteiger partial charge in [0.25, 0.3) is 5.56 Å². The molecule has 0 spiro atoms. The van der Waals surface area contributed by atoms with Crippen molar-refractivity contribution in [3.8, 4) is 17.0 Å². The Morgan fingerprint density at radius 3 is 2.86 bits per heavy atom. The maximum Gasteiger partial charge on any atom is 0.265 e. The van der Waals surface area contributed by atoms with E-state index in [4.69, 9.17) is 16.3 Å². The molecule has 2 rings (SSSR count).